The van der Waals surface area contributed by atoms with Crippen LogP contribution in [0.5, 0.6) is 0 Å². The van der Waals surface area contributed by atoms with Gasteiger partial charge < -0.3 is 5.32 Å². The first-order valence-electron chi connectivity index (χ1n) is 9.04. The second-order valence-corrected chi connectivity index (χ2v) is 8.86. The van der Waals surface area contributed by atoms with E-state index in [4.69, 9.17) is 0 Å². The Kier molecular flexibility index (Phi) is 5.13. The lowest BCUT2D eigenvalue weighted by Gasteiger charge is -2.21. The van der Waals surface area contributed by atoms with E-state index in [1.54, 1.807) is 12.1 Å². The van der Waals surface area contributed by atoms with Crippen molar-refractivity contribution in [1.82, 2.24) is 19.8 Å². The Labute approximate surface area is 175 Å². The summed E-state index contributed by atoms with van der Waals surface area (Å²) in [5.74, 6) is -1.10. The largest absolute Gasteiger partial charge is 0.453 e. The fourth-order valence-corrected chi connectivity index (χ4v) is 3.80. The molecule has 4 aromatic rings. The van der Waals surface area contributed by atoms with E-state index in [0.29, 0.717) is 10.1 Å². The highest BCUT2D eigenvalue weighted by Crippen LogP contribution is 2.30. The highest BCUT2D eigenvalue weighted by Gasteiger charge is 2.37. The summed E-state index contributed by atoms with van der Waals surface area (Å²) in [6, 6.07) is 17.7. The van der Waals surface area contributed by atoms with Gasteiger partial charge >= 0.3 is 6.18 Å². The zero-order valence-electron chi connectivity index (χ0n) is 16.1. The zero-order chi connectivity index (χ0) is 22.2. The molecule has 2 aromatic carbocycles. The maximum atomic E-state index is 13.2. The molecule has 0 spiro atoms. The number of anilines is 1. The van der Waals surface area contributed by atoms with Crippen molar-refractivity contribution >= 4 is 21.3 Å². The summed E-state index contributed by atoms with van der Waals surface area (Å²) in [4.78, 5) is 0.134. The number of nitrogens with one attached hydrogen (secondary N) is 1. The third kappa shape index (κ3) is 4.36. The van der Waals surface area contributed by atoms with Crippen LogP contribution in [0.1, 0.15) is 23.0 Å². The van der Waals surface area contributed by atoms with E-state index in [2.05, 4.69) is 20.6 Å². The van der Waals surface area contributed by atoms with Crippen molar-refractivity contribution in [1.29, 1.82) is 0 Å². The monoisotopic (exact) mass is 447 g/mol. The van der Waals surface area contributed by atoms with Crippen molar-refractivity contribution in [3.8, 4) is 0 Å². The molecule has 0 aliphatic heterocycles. The molecule has 2 aromatic heterocycles. The molecule has 0 aliphatic carbocycles. The molecule has 0 radical (unpaired) electrons. The number of aromatic nitrogens is 4. The Balaban J connectivity index is 1.80. The van der Waals surface area contributed by atoms with Crippen LogP contribution in [0.3, 0.4) is 0 Å². The van der Waals surface area contributed by atoms with Crippen LogP contribution in [0.15, 0.2) is 71.6 Å². The highest BCUT2D eigenvalue weighted by atomic mass is 32.2. The second-order valence-electron chi connectivity index (χ2n) is 6.84. The van der Waals surface area contributed by atoms with Crippen LogP contribution in [-0.2, 0) is 16.0 Å². The summed E-state index contributed by atoms with van der Waals surface area (Å²) in [5.41, 5.74) is 1.33. The van der Waals surface area contributed by atoms with Gasteiger partial charge in [-0.05, 0) is 35.4 Å². The molecule has 0 saturated carbocycles. The highest BCUT2D eigenvalue weighted by molar-refractivity contribution is 7.90. The van der Waals surface area contributed by atoms with E-state index in [1.807, 2.05) is 30.3 Å². The van der Waals surface area contributed by atoms with Gasteiger partial charge in [-0.25, -0.2) is 8.42 Å². The smallest absolute Gasteiger partial charge is 0.358 e. The van der Waals surface area contributed by atoms with Crippen molar-refractivity contribution in [3.05, 3.63) is 83.7 Å². The summed E-state index contributed by atoms with van der Waals surface area (Å²) in [7, 11) is -3.45. The predicted octanol–water partition coefficient (Wildman–Crippen LogP) is 3.75. The maximum absolute atomic E-state index is 13.2. The van der Waals surface area contributed by atoms with Gasteiger partial charge in [-0.2, -0.15) is 17.7 Å². The van der Waals surface area contributed by atoms with Gasteiger partial charge in [0.05, 0.1) is 10.9 Å². The molecule has 2 heterocycles. The maximum Gasteiger partial charge on any atom is 0.453 e. The summed E-state index contributed by atoms with van der Waals surface area (Å²) in [6.45, 7) is 0. The lowest BCUT2D eigenvalue weighted by atomic mass is 9.99. The lowest BCUT2D eigenvalue weighted by molar-refractivity contribution is -0.146. The normalized spacial score (nSPS) is 13.3. The number of halogens is 3. The summed E-state index contributed by atoms with van der Waals surface area (Å²) in [6.07, 6.45) is -3.61. The average Bonchev–Trinajstić information content (AvgIpc) is 3.16. The van der Waals surface area contributed by atoms with Gasteiger partial charge in [0.15, 0.2) is 15.5 Å². The minimum atomic E-state index is -4.71. The van der Waals surface area contributed by atoms with E-state index < -0.39 is 27.9 Å². The molecule has 1 atom stereocenters. The van der Waals surface area contributed by atoms with Gasteiger partial charge in [-0.1, -0.05) is 42.5 Å². The summed E-state index contributed by atoms with van der Waals surface area (Å²) < 4.78 is 64.2. The third-order valence-corrected chi connectivity index (χ3v) is 5.67. The summed E-state index contributed by atoms with van der Waals surface area (Å²) >= 11 is 0. The Hall–Kier alpha value is -3.47. The number of rotatable bonds is 5. The first kappa shape index (κ1) is 20.8. The number of sulfone groups is 1. The molecule has 31 heavy (non-hydrogen) atoms. The molecule has 4 rings (SSSR count). The molecule has 0 fully saturated rings. The number of fused-ring (bicyclic) bond motifs is 1. The number of hydrogen-bond donors (Lipinski definition) is 1. The van der Waals surface area contributed by atoms with E-state index in [0.717, 1.165) is 11.8 Å². The first-order chi connectivity index (χ1) is 14.6. The molecular formula is C20H16F3N5O2S. The fraction of sp³-hybridized carbons (Fsp3) is 0.150. The van der Waals surface area contributed by atoms with Crippen molar-refractivity contribution in [2.45, 2.75) is 17.1 Å². The van der Waals surface area contributed by atoms with Crippen LogP contribution in [-0.4, -0.2) is 34.5 Å². The average molecular weight is 447 g/mol. The van der Waals surface area contributed by atoms with Gasteiger partial charge in [0.2, 0.25) is 0 Å². The molecule has 1 N–H and O–H groups in total. The van der Waals surface area contributed by atoms with E-state index in [9.17, 15) is 21.6 Å². The van der Waals surface area contributed by atoms with Crippen LogP contribution >= 0.6 is 0 Å². The van der Waals surface area contributed by atoms with Crippen molar-refractivity contribution in [2.75, 3.05) is 11.6 Å². The Morgan fingerprint density at radius 1 is 0.935 bits per heavy atom. The van der Waals surface area contributed by atoms with Gasteiger partial charge in [-0.15, -0.1) is 15.3 Å². The number of hydrogen-bond acceptors (Lipinski definition) is 6. The molecule has 0 amide bonds. The van der Waals surface area contributed by atoms with Crippen LogP contribution in [0.25, 0.3) is 5.65 Å². The molecule has 1 unspecified atom stereocenters. The fourth-order valence-electron chi connectivity index (χ4n) is 3.12. The molecule has 0 aliphatic rings. The Morgan fingerprint density at radius 2 is 1.65 bits per heavy atom. The van der Waals surface area contributed by atoms with E-state index in [1.165, 1.54) is 24.3 Å². The quantitative estimate of drug-likeness (QED) is 0.501. The third-order valence-electron chi connectivity index (χ3n) is 4.56. The topological polar surface area (TPSA) is 89.2 Å². The van der Waals surface area contributed by atoms with Crippen molar-refractivity contribution in [3.63, 3.8) is 0 Å². The summed E-state index contributed by atoms with van der Waals surface area (Å²) in [5, 5.41) is 13.8. The van der Waals surface area contributed by atoms with Crippen molar-refractivity contribution in [2.24, 2.45) is 0 Å². The van der Waals surface area contributed by atoms with Crippen LogP contribution in [0.4, 0.5) is 19.0 Å². The minimum Gasteiger partial charge on any atom is -0.358 e. The van der Waals surface area contributed by atoms with E-state index >= 15 is 0 Å². The lowest BCUT2D eigenvalue weighted by Crippen LogP contribution is -2.17. The Bertz CT molecular complexity index is 1340. The predicted molar refractivity (Wildman–Crippen MR) is 107 cm³/mol. The number of benzene rings is 2. The molecule has 7 nitrogen and oxygen atoms in total. The van der Waals surface area contributed by atoms with Crippen LogP contribution < -0.4 is 5.32 Å². The second kappa shape index (κ2) is 7.65. The number of nitrogens with zero attached hydrogens (tertiary/aromatic N) is 4. The molecular weight excluding hydrogens is 431 g/mol. The standard InChI is InChI=1S/C20H16F3N5O2S/c1-31(29,30)15-9-5-8-14(12-15)18(13-6-3-2-4-7-13)24-16-10-11-17-25-26-19(20(21,22)23)28(17)27-16/h2-12,18H,1H3,(H,24,27). The minimum absolute atomic E-state index is 0.0480. The molecule has 11 heteroatoms. The molecule has 0 saturated heterocycles. The molecule has 160 valence electrons. The first-order valence-corrected chi connectivity index (χ1v) is 10.9. The van der Waals surface area contributed by atoms with Gasteiger partial charge in [0, 0.05) is 6.26 Å². The van der Waals surface area contributed by atoms with E-state index in [-0.39, 0.29) is 16.4 Å². The molecule has 0 bridgehead atoms. The van der Waals surface area contributed by atoms with Crippen molar-refractivity contribution < 1.29 is 21.6 Å². The van der Waals surface area contributed by atoms with Gasteiger partial charge in [0.25, 0.3) is 5.82 Å². The van der Waals surface area contributed by atoms with Crippen LogP contribution in [0, 0.1) is 0 Å². The zero-order valence-corrected chi connectivity index (χ0v) is 16.9. The SMILES string of the molecule is CS(=O)(=O)c1cccc(C(Nc2ccc3nnc(C(F)(F)F)n3n2)c2ccccc2)c1. The Morgan fingerprint density at radius 3 is 2.32 bits per heavy atom. The number of alkyl halides is 3. The van der Waals surface area contributed by atoms with Gasteiger partial charge in [0.1, 0.15) is 5.82 Å². The van der Waals surface area contributed by atoms with Crippen LogP contribution in [0.2, 0.25) is 0 Å². The van der Waals surface area contributed by atoms with Gasteiger partial charge in [-0.3, -0.25) is 0 Å².